The number of nitrogens with one attached hydrogen (secondary N) is 1. The van der Waals surface area contributed by atoms with Gasteiger partial charge < -0.3 is 20.4 Å². The lowest BCUT2D eigenvalue weighted by molar-refractivity contribution is -0.292. The van der Waals surface area contributed by atoms with Crippen molar-refractivity contribution in [2.45, 2.75) is 50.2 Å². The molecule has 3 N–H and O–H groups in total. The number of alkyl halides is 5. The molecule has 0 aliphatic carbocycles. The van der Waals surface area contributed by atoms with E-state index in [1.807, 2.05) is 0 Å². The summed E-state index contributed by atoms with van der Waals surface area (Å²) in [4.78, 5) is 35.1. The zero-order chi connectivity index (χ0) is 28.9. The minimum absolute atomic E-state index is 0.00953. The molecular weight excluding hydrogens is 543 g/mol. The number of pyridine rings is 3. The van der Waals surface area contributed by atoms with Crippen molar-refractivity contribution in [1.82, 2.24) is 19.9 Å². The number of β-amino-alcohol motifs (C(OH)–C–C–N with tert-alkyl or cyclic N) is 1. The van der Waals surface area contributed by atoms with Crippen molar-refractivity contribution in [3.05, 3.63) is 58.0 Å². The Kier molecular flexibility index (Phi) is 7.29. The number of hydrogen-bond donors (Lipinski definition) is 3. The molecule has 0 radical (unpaired) electrons. The summed E-state index contributed by atoms with van der Waals surface area (Å²) in [5, 5.41) is 21.1. The van der Waals surface area contributed by atoms with Gasteiger partial charge in [0.2, 0.25) is 5.43 Å². The predicted molar refractivity (Wildman–Crippen MR) is 122 cm³/mol. The Hall–Kier alpha value is -3.79. The second-order valence-electron chi connectivity index (χ2n) is 8.82. The van der Waals surface area contributed by atoms with E-state index < -0.39 is 76.6 Å². The average Bonchev–Trinajstić information content (AvgIpc) is 3.19. The molecule has 1 aliphatic heterocycles. The Bertz CT molecular complexity index is 1480. The molecule has 210 valence electrons. The summed E-state index contributed by atoms with van der Waals surface area (Å²) < 4.78 is 95.6. The van der Waals surface area contributed by atoms with Gasteiger partial charge in [0.1, 0.15) is 29.5 Å². The first-order chi connectivity index (χ1) is 18.2. The zero-order valence-electron chi connectivity index (χ0n) is 19.9. The number of aromatic nitrogens is 3. The quantitative estimate of drug-likeness (QED) is 0.395. The molecule has 9 nitrogen and oxygen atoms in total. The lowest BCUT2D eigenvalue weighted by atomic mass is 10.1. The summed E-state index contributed by atoms with van der Waals surface area (Å²) in [5.74, 6) is -10.00. The van der Waals surface area contributed by atoms with E-state index in [1.165, 1.54) is 16.3 Å². The van der Waals surface area contributed by atoms with E-state index in [-0.39, 0.29) is 24.4 Å². The number of amides is 1. The minimum Gasteiger partial charge on any atom is -0.391 e. The van der Waals surface area contributed by atoms with Crippen molar-refractivity contribution < 1.29 is 45.7 Å². The number of carbonyl (C=O) groups is 1. The highest BCUT2D eigenvalue weighted by Crippen LogP contribution is 2.39. The van der Waals surface area contributed by atoms with Crippen molar-refractivity contribution in [2.24, 2.45) is 0 Å². The van der Waals surface area contributed by atoms with Crippen molar-refractivity contribution in [3.63, 3.8) is 0 Å². The van der Waals surface area contributed by atoms with E-state index in [0.717, 1.165) is 17.6 Å². The van der Waals surface area contributed by atoms with Crippen LogP contribution in [0.15, 0.2) is 35.4 Å². The van der Waals surface area contributed by atoms with Gasteiger partial charge in [0, 0.05) is 25.2 Å². The fourth-order valence-electron chi connectivity index (χ4n) is 4.18. The number of aliphatic hydroxyl groups excluding tert-OH is 2. The zero-order valence-corrected chi connectivity index (χ0v) is 19.9. The van der Waals surface area contributed by atoms with Crippen LogP contribution in [0.25, 0.3) is 16.9 Å². The number of carbonyl (C=O) groups excluding carboxylic acids is 1. The Morgan fingerprint density at radius 1 is 1.21 bits per heavy atom. The van der Waals surface area contributed by atoms with E-state index in [9.17, 15) is 50.5 Å². The highest BCUT2D eigenvalue weighted by molar-refractivity contribution is 5.97. The van der Waals surface area contributed by atoms with Crippen LogP contribution in [0.1, 0.15) is 30.1 Å². The number of anilines is 1. The van der Waals surface area contributed by atoms with Gasteiger partial charge in [-0.15, -0.1) is 0 Å². The van der Waals surface area contributed by atoms with Crippen LogP contribution in [-0.2, 0) is 0 Å². The van der Waals surface area contributed by atoms with Crippen LogP contribution in [0.3, 0.4) is 0 Å². The number of nitrogens with zero attached hydrogens (tertiary/aromatic N) is 4. The standard InChI is InChI=1S/C23H20F7N5O4/c1-2-15(22(26,27)23(28,29)30)32-21(39)13-9-35(20-14(25)5-10(24)7-31-20)19-12(18(13)38)3-4-16(33-19)34-8-11(36)6-17(34)37/h3-5,7,9,11,15,17,36-37H,2,6,8H2,1H3,(H,32,39)/t11-,15?,17?/m0/s1. The van der Waals surface area contributed by atoms with E-state index in [4.69, 9.17) is 0 Å². The average molecular weight is 563 g/mol. The molecule has 0 saturated carbocycles. The second-order valence-corrected chi connectivity index (χ2v) is 8.82. The first-order valence-corrected chi connectivity index (χ1v) is 11.4. The summed E-state index contributed by atoms with van der Waals surface area (Å²) in [6, 6.07) is 0.0112. The smallest absolute Gasteiger partial charge is 0.391 e. The van der Waals surface area contributed by atoms with E-state index in [2.05, 4.69) is 9.97 Å². The molecule has 0 bridgehead atoms. The third-order valence-corrected chi connectivity index (χ3v) is 6.17. The number of hydrogen-bond acceptors (Lipinski definition) is 7. The molecule has 3 atom stereocenters. The lowest BCUT2D eigenvalue weighted by Crippen LogP contribution is -2.55. The Morgan fingerprint density at radius 3 is 2.46 bits per heavy atom. The molecule has 0 spiro atoms. The maximum Gasteiger partial charge on any atom is 0.455 e. The Morgan fingerprint density at radius 2 is 1.90 bits per heavy atom. The fourth-order valence-corrected chi connectivity index (χ4v) is 4.18. The third kappa shape index (κ3) is 5.13. The van der Waals surface area contributed by atoms with Gasteiger partial charge >= 0.3 is 12.1 Å². The van der Waals surface area contributed by atoms with Crippen LogP contribution in [0.4, 0.5) is 36.6 Å². The SMILES string of the molecule is CCC(NC(=O)c1cn(-c2ncc(F)cc2F)c2nc(N3C[C@@H](O)CC3O)ccc2c1=O)C(F)(F)C(F)(F)F. The first kappa shape index (κ1) is 28.2. The lowest BCUT2D eigenvalue weighted by Gasteiger charge is -2.28. The first-order valence-electron chi connectivity index (χ1n) is 11.4. The van der Waals surface area contributed by atoms with Crippen LogP contribution in [-0.4, -0.2) is 67.7 Å². The van der Waals surface area contributed by atoms with Gasteiger partial charge in [0.15, 0.2) is 17.3 Å². The van der Waals surface area contributed by atoms with Crippen LogP contribution >= 0.6 is 0 Å². The largest absolute Gasteiger partial charge is 0.455 e. The molecule has 4 rings (SSSR count). The van der Waals surface area contributed by atoms with Gasteiger partial charge in [-0.2, -0.15) is 22.0 Å². The van der Waals surface area contributed by atoms with E-state index in [0.29, 0.717) is 18.5 Å². The van der Waals surface area contributed by atoms with E-state index >= 15 is 0 Å². The summed E-state index contributed by atoms with van der Waals surface area (Å²) in [7, 11) is 0. The summed E-state index contributed by atoms with van der Waals surface area (Å²) in [6.07, 6.45) is -7.73. The summed E-state index contributed by atoms with van der Waals surface area (Å²) in [5.41, 5.74) is -2.46. The fraction of sp³-hybridized carbons (Fsp3) is 0.391. The molecule has 16 heteroatoms. The molecule has 3 aromatic rings. The second kappa shape index (κ2) is 10.1. The molecule has 1 fully saturated rings. The maximum absolute atomic E-state index is 14.7. The van der Waals surface area contributed by atoms with Gasteiger partial charge in [-0.1, -0.05) is 6.92 Å². The number of aliphatic hydroxyl groups is 2. The van der Waals surface area contributed by atoms with Gasteiger partial charge in [-0.25, -0.2) is 18.7 Å². The third-order valence-electron chi connectivity index (χ3n) is 6.17. The van der Waals surface area contributed by atoms with Crippen LogP contribution in [0.2, 0.25) is 0 Å². The highest BCUT2D eigenvalue weighted by Gasteiger charge is 2.62. The summed E-state index contributed by atoms with van der Waals surface area (Å²) in [6.45, 7) is 0.912. The minimum atomic E-state index is -6.00. The highest BCUT2D eigenvalue weighted by atomic mass is 19.4. The Labute approximate surface area is 214 Å². The van der Waals surface area contributed by atoms with Crippen molar-refractivity contribution >= 4 is 22.8 Å². The number of fused-ring (bicyclic) bond motifs is 1. The molecule has 1 amide bonds. The van der Waals surface area contributed by atoms with Crippen molar-refractivity contribution in [1.29, 1.82) is 0 Å². The molecular formula is C23H20F7N5O4. The number of halogens is 7. The van der Waals surface area contributed by atoms with Crippen LogP contribution < -0.4 is 15.6 Å². The van der Waals surface area contributed by atoms with Gasteiger partial charge in [-0.05, 0) is 18.6 Å². The molecule has 0 aromatic carbocycles. The molecule has 3 aromatic heterocycles. The Balaban J connectivity index is 1.89. The topological polar surface area (TPSA) is 121 Å². The molecule has 4 heterocycles. The molecule has 1 aliphatic rings. The summed E-state index contributed by atoms with van der Waals surface area (Å²) >= 11 is 0. The maximum atomic E-state index is 14.7. The van der Waals surface area contributed by atoms with Gasteiger partial charge in [0.25, 0.3) is 5.91 Å². The monoisotopic (exact) mass is 563 g/mol. The molecule has 1 saturated heterocycles. The normalized spacial score (nSPS) is 19.0. The van der Waals surface area contributed by atoms with Crippen LogP contribution in [0.5, 0.6) is 0 Å². The van der Waals surface area contributed by atoms with Gasteiger partial charge in [-0.3, -0.25) is 14.2 Å². The number of rotatable bonds is 6. The van der Waals surface area contributed by atoms with E-state index in [1.54, 1.807) is 0 Å². The van der Waals surface area contributed by atoms with Crippen molar-refractivity contribution in [2.75, 3.05) is 11.4 Å². The van der Waals surface area contributed by atoms with Gasteiger partial charge in [0.05, 0.1) is 17.7 Å². The predicted octanol–water partition coefficient (Wildman–Crippen LogP) is 2.65. The molecule has 2 unspecified atom stereocenters. The van der Waals surface area contributed by atoms with Crippen molar-refractivity contribution in [3.8, 4) is 5.82 Å². The van der Waals surface area contributed by atoms with Crippen LogP contribution in [0, 0.1) is 11.6 Å². The molecule has 39 heavy (non-hydrogen) atoms.